The van der Waals surface area contributed by atoms with Crippen LogP contribution in [0.3, 0.4) is 0 Å². The van der Waals surface area contributed by atoms with Crippen molar-refractivity contribution in [2.24, 2.45) is 11.8 Å². The van der Waals surface area contributed by atoms with Crippen LogP contribution in [0, 0.1) is 24.6 Å². The van der Waals surface area contributed by atoms with Crippen molar-refractivity contribution in [2.75, 3.05) is 18.0 Å². The van der Waals surface area contributed by atoms with Gasteiger partial charge in [-0.25, -0.2) is 14.4 Å². The molecule has 0 spiro atoms. The topological polar surface area (TPSA) is 49.2 Å². The van der Waals surface area contributed by atoms with Crippen LogP contribution in [0.4, 0.5) is 10.2 Å². The predicted molar refractivity (Wildman–Crippen MR) is 61.2 cm³/mol. The van der Waals surface area contributed by atoms with Gasteiger partial charge in [0.1, 0.15) is 6.33 Å². The first-order chi connectivity index (χ1) is 8.16. The van der Waals surface area contributed by atoms with Crippen LogP contribution in [-0.4, -0.2) is 34.3 Å². The second-order valence-electron chi connectivity index (χ2n) is 5.07. The number of hydrogen-bond acceptors (Lipinski definition) is 4. The largest absolute Gasteiger partial charge is 0.393 e. The SMILES string of the molecule is Cc1ncnc(N2CC3CCC(O)C3C2)c1F. The van der Waals surface area contributed by atoms with E-state index < -0.39 is 0 Å². The van der Waals surface area contributed by atoms with Crippen LogP contribution in [0.25, 0.3) is 0 Å². The smallest absolute Gasteiger partial charge is 0.186 e. The molecule has 1 saturated carbocycles. The molecular weight excluding hydrogens is 221 g/mol. The zero-order valence-electron chi connectivity index (χ0n) is 9.80. The van der Waals surface area contributed by atoms with Gasteiger partial charge in [0.25, 0.3) is 0 Å². The maximum absolute atomic E-state index is 13.9. The number of aryl methyl sites for hydroxylation is 1. The molecule has 1 saturated heterocycles. The van der Waals surface area contributed by atoms with E-state index in [0.29, 0.717) is 24.0 Å². The van der Waals surface area contributed by atoms with E-state index >= 15 is 0 Å². The summed E-state index contributed by atoms with van der Waals surface area (Å²) in [6, 6.07) is 0. The first-order valence-corrected chi connectivity index (χ1v) is 6.07. The summed E-state index contributed by atoms with van der Waals surface area (Å²) in [5, 5.41) is 9.83. The van der Waals surface area contributed by atoms with Gasteiger partial charge in [-0.05, 0) is 25.7 Å². The molecule has 3 rings (SSSR count). The number of rotatable bonds is 1. The second-order valence-corrected chi connectivity index (χ2v) is 5.07. The Hall–Kier alpha value is -1.23. The zero-order chi connectivity index (χ0) is 12.0. The highest BCUT2D eigenvalue weighted by Gasteiger charge is 2.42. The number of nitrogens with zero attached hydrogens (tertiary/aromatic N) is 3. The van der Waals surface area contributed by atoms with Crippen LogP contribution in [-0.2, 0) is 0 Å². The molecule has 0 aromatic carbocycles. The third kappa shape index (κ3) is 1.69. The molecule has 0 amide bonds. The summed E-state index contributed by atoms with van der Waals surface area (Å²) in [4.78, 5) is 9.81. The van der Waals surface area contributed by atoms with Crippen molar-refractivity contribution in [3.63, 3.8) is 0 Å². The summed E-state index contributed by atoms with van der Waals surface area (Å²) in [7, 11) is 0. The molecule has 2 fully saturated rings. The Kier molecular flexibility index (Phi) is 2.50. The maximum atomic E-state index is 13.9. The molecule has 1 aromatic heterocycles. The minimum atomic E-state index is -0.332. The van der Waals surface area contributed by atoms with Crippen molar-refractivity contribution in [3.05, 3.63) is 17.8 Å². The van der Waals surface area contributed by atoms with Crippen LogP contribution >= 0.6 is 0 Å². The number of aromatic nitrogens is 2. The number of aliphatic hydroxyl groups excluding tert-OH is 1. The molecule has 3 unspecified atom stereocenters. The average Bonchev–Trinajstić information content (AvgIpc) is 2.85. The molecule has 4 nitrogen and oxygen atoms in total. The van der Waals surface area contributed by atoms with Gasteiger partial charge in [0.05, 0.1) is 11.8 Å². The van der Waals surface area contributed by atoms with Crippen molar-refractivity contribution in [1.29, 1.82) is 0 Å². The van der Waals surface area contributed by atoms with E-state index in [4.69, 9.17) is 0 Å². The molecule has 1 aliphatic carbocycles. The number of halogens is 1. The zero-order valence-corrected chi connectivity index (χ0v) is 9.80. The number of aliphatic hydroxyl groups is 1. The van der Waals surface area contributed by atoms with Gasteiger partial charge in [0.2, 0.25) is 0 Å². The van der Waals surface area contributed by atoms with E-state index in [2.05, 4.69) is 9.97 Å². The molecule has 92 valence electrons. The van der Waals surface area contributed by atoms with E-state index in [1.807, 2.05) is 4.90 Å². The third-order valence-corrected chi connectivity index (χ3v) is 4.06. The van der Waals surface area contributed by atoms with E-state index in [0.717, 1.165) is 19.4 Å². The van der Waals surface area contributed by atoms with Crippen LogP contribution in [0.5, 0.6) is 0 Å². The summed E-state index contributed by atoms with van der Waals surface area (Å²) < 4.78 is 13.9. The summed E-state index contributed by atoms with van der Waals surface area (Å²) in [6.07, 6.45) is 3.09. The Morgan fingerprint density at radius 2 is 2.18 bits per heavy atom. The van der Waals surface area contributed by atoms with Gasteiger partial charge < -0.3 is 10.0 Å². The van der Waals surface area contributed by atoms with Gasteiger partial charge in [-0.1, -0.05) is 0 Å². The van der Waals surface area contributed by atoms with Gasteiger partial charge in [0, 0.05) is 19.0 Å². The predicted octanol–water partition coefficient (Wildman–Crippen LogP) is 1.13. The average molecular weight is 237 g/mol. The molecule has 0 radical (unpaired) electrons. The monoisotopic (exact) mass is 237 g/mol. The van der Waals surface area contributed by atoms with Gasteiger partial charge in [-0.3, -0.25) is 0 Å². The standard InChI is InChI=1S/C12H16FN3O/c1-7-11(13)12(15-6-14-7)16-4-8-2-3-10(17)9(8)5-16/h6,8-10,17H,2-5H2,1H3. The molecule has 1 aliphatic heterocycles. The minimum absolute atomic E-state index is 0.226. The molecule has 5 heteroatoms. The first kappa shape index (κ1) is 10.9. The molecule has 3 atom stereocenters. The Bertz CT molecular complexity index is 440. The van der Waals surface area contributed by atoms with Gasteiger partial charge in [0.15, 0.2) is 11.6 Å². The van der Waals surface area contributed by atoms with Crippen LogP contribution in [0.1, 0.15) is 18.5 Å². The lowest BCUT2D eigenvalue weighted by atomic mass is 10.00. The van der Waals surface area contributed by atoms with Crippen LogP contribution in [0.15, 0.2) is 6.33 Å². The molecule has 1 aromatic rings. The summed E-state index contributed by atoms with van der Waals surface area (Å²) >= 11 is 0. The normalized spacial score (nSPS) is 31.9. The molecule has 2 heterocycles. The highest BCUT2D eigenvalue weighted by atomic mass is 19.1. The van der Waals surface area contributed by atoms with Crippen LogP contribution < -0.4 is 4.90 Å². The second kappa shape index (κ2) is 3.91. The van der Waals surface area contributed by atoms with E-state index in [-0.39, 0.29) is 17.8 Å². The van der Waals surface area contributed by atoms with Gasteiger partial charge in [-0.2, -0.15) is 0 Å². The lowest BCUT2D eigenvalue weighted by Crippen LogP contribution is -2.26. The van der Waals surface area contributed by atoms with Crippen LogP contribution in [0.2, 0.25) is 0 Å². The van der Waals surface area contributed by atoms with E-state index in [1.54, 1.807) is 6.92 Å². The lowest BCUT2D eigenvalue weighted by molar-refractivity contribution is 0.133. The van der Waals surface area contributed by atoms with Gasteiger partial charge in [-0.15, -0.1) is 0 Å². The fourth-order valence-electron chi connectivity index (χ4n) is 3.08. The van der Waals surface area contributed by atoms with E-state index in [9.17, 15) is 9.50 Å². The fraction of sp³-hybridized carbons (Fsp3) is 0.667. The molecule has 1 N–H and O–H groups in total. The molecule has 17 heavy (non-hydrogen) atoms. The lowest BCUT2D eigenvalue weighted by Gasteiger charge is -2.20. The van der Waals surface area contributed by atoms with Crippen molar-refractivity contribution < 1.29 is 9.50 Å². The Morgan fingerprint density at radius 1 is 1.35 bits per heavy atom. The quantitative estimate of drug-likeness (QED) is 0.795. The minimum Gasteiger partial charge on any atom is -0.393 e. The summed E-state index contributed by atoms with van der Waals surface area (Å²) in [6.45, 7) is 3.15. The highest BCUT2D eigenvalue weighted by molar-refractivity contribution is 5.42. The Balaban J connectivity index is 1.85. The summed E-state index contributed by atoms with van der Waals surface area (Å²) in [5.41, 5.74) is 0.382. The Morgan fingerprint density at radius 3 is 2.94 bits per heavy atom. The molecule has 2 aliphatic rings. The van der Waals surface area contributed by atoms with Crippen molar-refractivity contribution >= 4 is 5.82 Å². The highest BCUT2D eigenvalue weighted by Crippen LogP contribution is 2.39. The van der Waals surface area contributed by atoms with Gasteiger partial charge >= 0.3 is 0 Å². The number of fused-ring (bicyclic) bond motifs is 1. The first-order valence-electron chi connectivity index (χ1n) is 6.07. The van der Waals surface area contributed by atoms with E-state index in [1.165, 1.54) is 6.33 Å². The maximum Gasteiger partial charge on any atom is 0.186 e. The van der Waals surface area contributed by atoms with Crippen molar-refractivity contribution in [2.45, 2.75) is 25.9 Å². The Labute approximate surface area is 99.5 Å². The third-order valence-electron chi connectivity index (χ3n) is 4.06. The van der Waals surface area contributed by atoms with Crippen molar-refractivity contribution in [1.82, 2.24) is 9.97 Å². The number of anilines is 1. The molecule has 0 bridgehead atoms. The number of hydrogen-bond donors (Lipinski definition) is 1. The summed E-state index contributed by atoms with van der Waals surface area (Å²) in [5.74, 6) is 0.824. The molecular formula is C12H16FN3O. The fourth-order valence-corrected chi connectivity index (χ4v) is 3.08. The van der Waals surface area contributed by atoms with Crippen molar-refractivity contribution in [3.8, 4) is 0 Å².